The Hall–Kier alpha value is -1.02. The smallest absolute Gasteiger partial charge is 0.180 e. The van der Waals surface area contributed by atoms with E-state index in [2.05, 4.69) is 13.8 Å². The highest BCUT2D eigenvalue weighted by Gasteiger charge is 2.14. The first-order valence-corrected chi connectivity index (χ1v) is 6.27. The Kier molecular flexibility index (Phi) is 5.01. The van der Waals surface area contributed by atoms with E-state index in [-0.39, 0.29) is 5.78 Å². The van der Waals surface area contributed by atoms with Gasteiger partial charge in [-0.1, -0.05) is 13.8 Å². The Morgan fingerprint density at radius 2 is 2.00 bits per heavy atom. The van der Waals surface area contributed by atoms with Crippen molar-refractivity contribution in [2.24, 2.45) is 5.92 Å². The summed E-state index contributed by atoms with van der Waals surface area (Å²) >= 11 is 5.80. The number of hydrogen-bond acceptors (Lipinski definition) is 2. The molecule has 0 aliphatic rings. The Bertz CT molecular complexity index is 397. The van der Waals surface area contributed by atoms with E-state index in [1.54, 1.807) is 13.0 Å². The van der Waals surface area contributed by atoms with Crippen LogP contribution < -0.4 is 4.74 Å². The van der Waals surface area contributed by atoms with E-state index in [9.17, 15) is 4.79 Å². The molecule has 0 bridgehead atoms. The summed E-state index contributed by atoms with van der Waals surface area (Å²) in [6.45, 7) is 8.46. The van der Waals surface area contributed by atoms with Crippen LogP contribution in [0.1, 0.15) is 36.7 Å². The summed E-state index contributed by atoms with van der Waals surface area (Å²) in [7, 11) is 0. The molecule has 17 heavy (non-hydrogen) atoms. The SMILES string of the molecule is Cc1cc(OCC(C)C)ccc1C(=O)C(C)Cl. The van der Waals surface area contributed by atoms with Crippen LogP contribution in [0.15, 0.2) is 18.2 Å². The number of ketones is 1. The molecule has 0 aromatic heterocycles. The number of hydrogen-bond donors (Lipinski definition) is 0. The standard InChI is InChI=1S/C14H19ClO2/c1-9(2)8-17-12-5-6-13(10(3)7-12)14(16)11(4)15/h5-7,9,11H,8H2,1-4H3. The first kappa shape index (κ1) is 14.0. The van der Waals surface area contributed by atoms with Crippen LogP contribution in [0.2, 0.25) is 0 Å². The van der Waals surface area contributed by atoms with Crippen LogP contribution in [0.3, 0.4) is 0 Å². The maximum atomic E-state index is 11.8. The minimum atomic E-state index is -0.490. The molecule has 0 saturated heterocycles. The van der Waals surface area contributed by atoms with Gasteiger partial charge in [-0.05, 0) is 43.5 Å². The predicted molar refractivity (Wildman–Crippen MR) is 71.2 cm³/mol. The number of rotatable bonds is 5. The number of aryl methyl sites for hydroxylation is 1. The molecule has 94 valence electrons. The van der Waals surface area contributed by atoms with Gasteiger partial charge in [-0.3, -0.25) is 4.79 Å². The average molecular weight is 255 g/mol. The van der Waals surface area contributed by atoms with E-state index < -0.39 is 5.38 Å². The summed E-state index contributed by atoms with van der Waals surface area (Å²) in [5.74, 6) is 1.24. The van der Waals surface area contributed by atoms with Gasteiger partial charge in [-0.15, -0.1) is 11.6 Å². The van der Waals surface area contributed by atoms with Gasteiger partial charge >= 0.3 is 0 Å². The molecule has 0 spiro atoms. The molecule has 0 saturated carbocycles. The van der Waals surface area contributed by atoms with Crippen molar-refractivity contribution in [3.8, 4) is 5.75 Å². The van der Waals surface area contributed by atoms with Gasteiger partial charge in [0.05, 0.1) is 12.0 Å². The Morgan fingerprint density at radius 1 is 1.35 bits per heavy atom. The lowest BCUT2D eigenvalue weighted by Gasteiger charge is -2.11. The molecule has 0 aliphatic carbocycles. The van der Waals surface area contributed by atoms with Crippen LogP contribution >= 0.6 is 11.6 Å². The maximum Gasteiger partial charge on any atom is 0.180 e. The molecule has 3 heteroatoms. The van der Waals surface area contributed by atoms with Gasteiger partial charge < -0.3 is 4.74 Å². The second kappa shape index (κ2) is 6.06. The maximum absolute atomic E-state index is 11.8. The molecule has 2 nitrogen and oxygen atoms in total. The molecular formula is C14H19ClO2. The first-order chi connectivity index (χ1) is 7.91. The van der Waals surface area contributed by atoms with Gasteiger partial charge in [0, 0.05) is 5.56 Å². The summed E-state index contributed by atoms with van der Waals surface area (Å²) in [5, 5.41) is -0.490. The number of halogens is 1. The lowest BCUT2D eigenvalue weighted by molar-refractivity contribution is 0.0991. The Labute approximate surface area is 108 Å². The fourth-order valence-electron chi connectivity index (χ4n) is 1.48. The molecule has 0 N–H and O–H groups in total. The summed E-state index contributed by atoms with van der Waals surface area (Å²) < 4.78 is 5.60. The highest BCUT2D eigenvalue weighted by molar-refractivity contribution is 6.33. The number of carbonyl (C=O) groups is 1. The number of ether oxygens (including phenoxy) is 1. The summed E-state index contributed by atoms with van der Waals surface area (Å²) in [4.78, 5) is 11.8. The molecule has 0 amide bonds. The quantitative estimate of drug-likeness (QED) is 0.590. The van der Waals surface area contributed by atoms with Gasteiger partial charge in [0.1, 0.15) is 5.75 Å². The fraction of sp³-hybridized carbons (Fsp3) is 0.500. The highest BCUT2D eigenvalue weighted by atomic mass is 35.5. The summed E-state index contributed by atoms with van der Waals surface area (Å²) in [6.07, 6.45) is 0. The predicted octanol–water partition coefficient (Wildman–Crippen LogP) is 3.84. The van der Waals surface area contributed by atoms with Crippen molar-refractivity contribution < 1.29 is 9.53 Å². The van der Waals surface area contributed by atoms with Crippen molar-refractivity contribution in [3.63, 3.8) is 0 Å². The second-order valence-corrected chi connectivity index (χ2v) is 5.32. The van der Waals surface area contributed by atoms with E-state index >= 15 is 0 Å². The van der Waals surface area contributed by atoms with Crippen molar-refractivity contribution in [2.75, 3.05) is 6.61 Å². The molecule has 1 rings (SSSR count). The molecule has 0 fully saturated rings. The summed E-state index contributed by atoms with van der Waals surface area (Å²) in [5.41, 5.74) is 1.58. The number of benzene rings is 1. The van der Waals surface area contributed by atoms with Crippen molar-refractivity contribution in [3.05, 3.63) is 29.3 Å². The third-order valence-corrected chi connectivity index (χ3v) is 2.61. The monoisotopic (exact) mass is 254 g/mol. The Morgan fingerprint density at radius 3 is 2.47 bits per heavy atom. The van der Waals surface area contributed by atoms with Gasteiger partial charge in [0.2, 0.25) is 0 Å². The topological polar surface area (TPSA) is 26.3 Å². The molecular weight excluding hydrogens is 236 g/mol. The Balaban J connectivity index is 2.83. The van der Waals surface area contributed by atoms with Crippen LogP contribution in [0, 0.1) is 12.8 Å². The molecule has 0 aliphatic heterocycles. The van der Waals surface area contributed by atoms with Crippen LogP contribution in [0.25, 0.3) is 0 Å². The third-order valence-electron chi connectivity index (χ3n) is 2.41. The van der Waals surface area contributed by atoms with Crippen LogP contribution in [-0.4, -0.2) is 17.8 Å². The lowest BCUT2D eigenvalue weighted by atomic mass is 10.0. The number of carbonyl (C=O) groups excluding carboxylic acids is 1. The fourth-order valence-corrected chi connectivity index (χ4v) is 1.60. The van der Waals surface area contributed by atoms with E-state index in [1.165, 1.54) is 0 Å². The third kappa shape index (κ3) is 4.04. The van der Waals surface area contributed by atoms with Gasteiger partial charge in [0.15, 0.2) is 5.78 Å². The normalized spacial score (nSPS) is 12.6. The van der Waals surface area contributed by atoms with Gasteiger partial charge in [0.25, 0.3) is 0 Å². The minimum absolute atomic E-state index is 0.0421. The zero-order chi connectivity index (χ0) is 13.0. The number of Topliss-reactive ketones (excluding diaryl/α,β-unsaturated/α-hetero) is 1. The van der Waals surface area contributed by atoms with E-state index in [0.29, 0.717) is 18.1 Å². The van der Waals surface area contributed by atoms with Crippen molar-refractivity contribution in [1.82, 2.24) is 0 Å². The second-order valence-electron chi connectivity index (χ2n) is 4.66. The molecule has 1 atom stereocenters. The van der Waals surface area contributed by atoms with E-state index in [4.69, 9.17) is 16.3 Å². The first-order valence-electron chi connectivity index (χ1n) is 5.83. The van der Waals surface area contributed by atoms with Gasteiger partial charge in [-0.25, -0.2) is 0 Å². The zero-order valence-corrected chi connectivity index (χ0v) is 11.5. The number of alkyl halides is 1. The zero-order valence-electron chi connectivity index (χ0n) is 10.8. The molecule has 0 radical (unpaired) electrons. The average Bonchev–Trinajstić information content (AvgIpc) is 2.25. The van der Waals surface area contributed by atoms with Crippen molar-refractivity contribution in [2.45, 2.75) is 33.1 Å². The molecule has 1 aromatic rings. The van der Waals surface area contributed by atoms with Crippen LogP contribution in [-0.2, 0) is 0 Å². The van der Waals surface area contributed by atoms with E-state index in [1.807, 2.05) is 19.1 Å². The lowest BCUT2D eigenvalue weighted by Crippen LogP contribution is -2.12. The highest BCUT2D eigenvalue weighted by Crippen LogP contribution is 2.20. The van der Waals surface area contributed by atoms with Gasteiger partial charge in [-0.2, -0.15) is 0 Å². The van der Waals surface area contributed by atoms with Crippen LogP contribution in [0.5, 0.6) is 5.75 Å². The van der Waals surface area contributed by atoms with Crippen LogP contribution in [0.4, 0.5) is 0 Å². The molecule has 1 aromatic carbocycles. The molecule has 0 heterocycles. The molecule has 1 unspecified atom stereocenters. The summed E-state index contributed by atoms with van der Waals surface area (Å²) in [6, 6.07) is 5.49. The van der Waals surface area contributed by atoms with Crippen molar-refractivity contribution in [1.29, 1.82) is 0 Å². The van der Waals surface area contributed by atoms with Crippen molar-refractivity contribution >= 4 is 17.4 Å². The van der Waals surface area contributed by atoms with E-state index in [0.717, 1.165) is 11.3 Å². The largest absolute Gasteiger partial charge is 0.493 e. The minimum Gasteiger partial charge on any atom is -0.493 e.